The molecule has 0 heterocycles. The number of rotatable bonds is 0. The van der Waals surface area contributed by atoms with Gasteiger partial charge in [-0.05, 0) is 44.1 Å². The molecule has 0 radical (unpaired) electrons. The lowest BCUT2D eigenvalue weighted by molar-refractivity contribution is 1.69. The van der Waals surface area contributed by atoms with Crippen LogP contribution in [0.15, 0.2) is 48.5 Å². The Hall–Kier alpha value is -2.08. The van der Waals surface area contributed by atoms with E-state index in [4.69, 9.17) is 0 Å². The van der Waals surface area contributed by atoms with Crippen LogP contribution in [0.25, 0.3) is 34.7 Å². The summed E-state index contributed by atoms with van der Waals surface area (Å²) in [6, 6.07) is 16.8. The Morgan fingerprint density at radius 2 is 1.06 bits per heavy atom. The van der Waals surface area contributed by atoms with Gasteiger partial charge >= 0.3 is 0 Å². The first-order valence-electron chi connectivity index (χ1n) is 5.35. The molecule has 76 valence electrons. The molecule has 0 heteroatoms. The van der Waals surface area contributed by atoms with E-state index in [0.717, 1.165) is 10.4 Å². The smallest absolute Gasteiger partial charge is 0.0111 e. The summed E-state index contributed by atoms with van der Waals surface area (Å²) in [5.41, 5.74) is 0. The summed E-state index contributed by atoms with van der Waals surface area (Å²) in [5.74, 6) is 0. The third kappa shape index (κ3) is 1.24. The van der Waals surface area contributed by atoms with E-state index in [1.165, 1.54) is 21.5 Å². The Kier molecular flexibility index (Phi) is 1.84. The fourth-order valence-electron chi connectivity index (χ4n) is 2.18. The van der Waals surface area contributed by atoms with Crippen molar-refractivity contribution in [1.29, 1.82) is 0 Å². The molecule has 0 unspecified atom stereocenters. The molecule has 0 fully saturated rings. The first kappa shape index (κ1) is 9.17. The molecule has 3 aromatic rings. The standard InChI is InChI=1S/C16H12/c1-11-5-3-7-13-10-16-12(2)6-4-8-14(16)9-15(11)13/h3-10H,1-2H2. The molecule has 3 rings (SSSR count). The van der Waals surface area contributed by atoms with Crippen molar-refractivity contribution in [3.05, 3.63) is 59.0 Å². The van der Waals surface area contributed by atoms with Gasteiger partial charge in [-0.1, -0.05) is 49.6 Å². The number of benzene rings is 3. The van der Waals surface area contributed by atoms with Crippen LogP contribution in [0, 0.1) is 0 Å². The second-order valence-electron chi connectivity index (χ2n) is 4.13. The van der Waals surface area contributed by atoms with Crippen molar-refractivity contribution in [1.82, 2.24) is 0 Å². The van der Waals surface area contributed by atoms with Crippen LogP contribution in [-0.2, 0) is 0 Å². The maximum Gasteiger partial charge on any atom is -0.0111 e. The van der Waals surface area contributed by atoms with Crippen LogP contribution in [0.5, 0.6) is 0 Å². The third-order valence-electron chi connectivity index (χ3n) is 3.06. The second kappa shape index (κ2) is 3.21. The molecule has 16 heavy (non-hydrogen) atoms. The minimum atomic E-state index is 1.08. The van der Waals surface area contributed by atoms with Gasteiger partial charge in [0.1, 0.15) is 0 Å². The van der Waals surface area contributed by atoms with Gasteiger partial charge in [-0.2, -0.15) is 0 Å². The second-order valence-corrected chi connectivity index (χ2v) is 4.13. The van der Waals surface area contributed by atoms with E-state index in [1.54, 1.807) is 0 Å². The summed E-state index contributed by atoms with van der Waals surface area (Å²) in [4.78, 5) is 0. The van der Waals surface area contributed by atoms with Gasteiger partial charge in [-0.3, -0.25) is 0 Å². The summed E-state index contributed by atoms with van der Waals surface area (Å²) in [6.45, 7) is 8.12. The molecule has 0 aliphatic heterocycles. The molecule has 3 aromatic carbocycles. The zero-order valence-corrected chi connectivity index (χ0v) is 9.03. The molecule has 0 spiro atoms. The predicted molar refractivity (Wildman–Crippen MR) is 71.7 cm³/mol. The average molecular weight is 204 g/mol. The van der Waals surface area contributed by atoms with Crippen LogP contribution in [0.2, 0.25) is 0 Å². The van der Waals surface area contributed by atoms with E-state index in [1.807, 2.05) is 24.3 Å². The molecular formula is C16H12. The number of fused-ring (bicyclic) bond motifs is 2. The molecule has 0 saturated heterocycles. The highest BCUT2D eigenvalue weighted by Crippen LogP contribution is 2.17. The monoisotopic (exact) mass is 204 g/mol. The van der Waals surface area contributed by atoms with E-state index in [0.29, 0.717) is 0 Å². The molecule has 0 aliphatic carbocycles. The Bertz CT molecular complexity index is 713. The van der Waals surface area contributed by atoms with E-state index >= 15 is 0 Å². The lowest BCUT2D eigenvalue weighted by atomic mass is 10.0. The summed E-state index contributed by atoms with van der Waals surface area (Å²) in [5, 5.41) is 7.07. The molecule has 0 aliphatic rings. The SMILES string of the molecule is C=c1cccc2cc3c(=C)cccc3cc12. The Balaban J connectivity index is 2.65. The van der Waals surface area contributed by atoms with Gasteiger partial charge in [-0.15, -0.1) is 0 Å². The first-order valence-corrected chi connectivity index (χ1v) is 5.35. The van der Waals surface area contributed by atoms with E-state index < -0.39 is 0 Å². The van der Waals surface area contributed by atoms with Gasteiger partial charge in [0.2, 0.25) is 0 Å². The van der Waals surface area contributed by atoms with Crippen molar-refractivity contribution in [2.24, 2.45) is 0 Å². The molecule has 0 N–H and O–H groups in total. The highest BCUT2D eigenvalue weighted by atomic mass is 14.0. The predicted octanol–water partition coefficient (Wildman–Crippen LogP) is 2.81. The lowest BCUT2D eigenvalue weighted by Gasteiger charge is -2.03. The summed E-state index contributed by atoms with van der Waals surface area (Å²) < 4.78 is 0. The minimum absolute atomic E-state index is 1.08. The highest BCUT2D eigenvalue weighted by Gasteiger charge is 1.98. The zero-order valence-electron chi connectivity index (χ0n) is 9.03. The summed E-state index contributed by atoms with van der Waals surface area (Å²) >= 11 is 0. The summed E-state index contributed by atoms with van der Waals surface area (Å²) in [6.07, 6.45) is 0. The first-order chi connectivity index (χ1) is 7.75. The van der Waals surface area contributed by atoms with Crippen molar-refractivity contribution in [3.8, 4) is 0 Å². The molecule has 0 saturated carbocycles. The molecule has 0 amide bonds. The third-order valence-corrected chi connectivity index (χ3v) is 3.06. The van der Waals surface area contributed by atoms with Gasteiger partial charge in [0.05, 0.1) is 0 Å². The highest BCUT2D eigenvalue weighted by molar-refractivity contribution is 5.98. The Morgan fingerprint density at radius 3 is 1.50 bits per heavy atom. The fraction of sp³-hybridized carbons (Fsp3) is 0. The number of hydrogen-bond acceptors (Lipinski definition) is 0. The van der Waals surface area contributed by atoms with Gasteiger partial charge in [-0.25, -0.2) is 0 Å². The molecule has 0 aromatic heterocycles. The molecule has 0 bridgehead atoms. The van der Waals surface area contributed by atoms with Crippen molar-refractivity contribution < 1.29 is 0 Å². The van der Waals surface area contributed by atoms with E-state index in [2.05, 4.69) is 37.4 Å². The van der Waals surface area contributed by atoms with Crippen LogP contribution in [0.1, 0.15) is 0 Å². The van der Waals surface area contributed by atoms with Gasteiger partial charge in [0.25, 0.3) is 0 Å². The van der Waals surface area contributed by atoms with E-state index in [-0.39, 0.29) is 0 Å². The minimum Gasteiger partial charge on any atom is -0.0911 e. The molecule has 0 atom stereocenters. The van der Waals surface area contributed by atoms with Crippen molar-refractivity contribution in [3.63, 3.8) is 0 Å². The van der Waals surface area contributed by atoms with Crippen molar-refractivity contribution in [2.75, 3.05) is 0 Å². The molecule has 0 nitrogen and oxygen atoms in total. The topological polar surface area (TPSA) is 0 Å². The van der Waals surface area contributed by atoms with E-state index in [9.17, 15) is 0 Å². The van der Waals surface area contributed by atoms with Crippen LogP contribution < -0.4 is 10.4 Å². The maximum absolute atomic E-state index is 4.06. The van der Waals surface area contributed by atoms with Gasteiger partial charge in [0.15, 0.2) is 0 Å². The Labute approximate surface area is 94.1 Å². The largest absolute Gasteiger partial charge is 0.0911 e. The quantitative estimate of drug-likeness (QED) is 0.494. The van der Waals surface area contributed by atoms with Crippen LogP contribution in [-0.4, -0.2) is 0 Å². The molecular weight excluding hydrogens is 192 g/mol. The van der Waals surface area contributed by atoms with Crippen molar-refractivity contribution >= 4 is 34.7 Å². The van der Waals surface area contributed by atoms with Crippen LogP contribution in [0.4, 0.5) is 0 Å². The van der Waals surface area contributed by atoms with Gasteiger partial charge < -0.3 is 0 Å². The average Bonchev–Trinajstić information content (AvgIpc) is 2.29. The van der Waals surface area contributed by atoms with Crippen LogP contribution in [0.3, 0.4) is 0 Å². The van der Waals surface area contributed by atoms with Crippen molar-refractivity contribution in [2.45, 2.75) is 0 Å². The summed E-state index contributed by atoms with van der Waals surface area (Å²) in [7, 11) is 0. The van der Waals surface area contributed by atoms with Gasteiger partial charge in [0, 0.05) is 0 Å². The normalized spacial score (nSPS) is 11.0. The lowest BCUT2D eigenvalue weighted by Crippen LogP contribution is -2.01. The maximum atomic E-state index is 4.06. The number of hydrogen-bond donors (Lipinski definition) is 0. The zero-order chi connectivity index (χ0) is 11.1. The fourth-order valence-corrected chi connectivity index (χ4v) is 2.18. The van der Waals surface area contributed by atoms with Crippen LogP contribution >= 0.6 is 0 Å². The Morgan fingerprint density at radius 1 is 0.625 bits per heavy atom.